The van der Waals surface area contributed by atoms with Gasteiger partial charge in [0.1, 0.15) is 16.4 Å². The second kappa shape index (κ2) is 6.26. The van der Waals surface area contributed by atoms with Crippen LogP contribution >= 0.6 is 0 Å². The number of hydrogen-bond acceptors (Lipinski definition) is 5. The lowest BCUT2D eigenvalue weighted by atomic mass is 10.1. The SMILES string of the molecule is CCOC1CCN(S(=O)(=O)c2cc(CN)oc2C)CC1. The molecule has 2 heterocycles. The molecule has 20 heavy (non-hydrogen) atoms. The number of sulfonamides is 1. The molecule has 1 fully saturated rings. The molecular weight excluding hydrogens is 280 g/mol. The van der Waals surface area contributed by atoms with Crippen LogP contribution in [0.1, 0.15) is 31.3 Å². The second-order valence-electron chi connectivity index (χ2n) is 4.90. The summed E-state index contributed by atoms with van der Waals surface area (Å²) in [5, 5.41) is 0. The van der Waals surface area contributed by atoms with Crippen molar-refractivity contribution < 1.29 is 17.6 Å². The molecule has 0 aliphatic carbocycles. The highest BCUT2D eigenvalue weighted by atomic mass is 32.2. The van der Waals surface area contributed by atoms with E-state index in [-0.39, 0.29) is 17.5 Å². The number of furan rings is 1. The van der Waals surface area contributed by atoms with E-state index in [1.807, 2.05) is 6.92 Å². The van der Waals surface area contributed by atoms with E-state index in [1.54, 1.807) is 6.92 Å². The quantitative estimate of drug-likeness (QED) is 0.884. The van der Waals surface area contributed by atoms with Gasteiger partial charge in [-0.15, -0.1) is 0 Å². The molecular formula is C13H22N2O4S. The molecule has 2 rings (SSSR count). The van der Waals surface area contributed by atoms with Crippen molar-refractivity contribution in [1.82, 2.24) is 4.31 Å². The summed E-state index contributed by atoms with van der Waals surface area (Å²) in [7, 11) is -3.49. The normalized spacial score (nSPS) is 18.6. The van der Waals surface area contributed by atoms with E-state index in [4.69, 9.17) is 14.9 Å². The molecule has 7 heteroatoms. The summed E-state index contributed by atoms with van der Waals surface area (Å²) < 4.78 is 37.6. The van der Waals surface area contributed by atoms with Crippen LogP contribution in [0.5, 0.6) is 0 Å². The van der Waals surface area contributed by atoms with E-state index in [0.717, 1.165) is 12.8 Å². The van der Waals surface area contributed by atoms with E-state index in [1.165, 1.54) is 10.4 Å². The Hall–Kier alpha value is -0.890. The maximum atomic E-state index is 12.6. The van der Waals surface area contributed by atoms with Gasteiger partial charge in [0.15, 0.2) is 0 Å². The van der Waals surface area contributed by atoms with E-state index in [2.05, 4.69) is 0 Å². The van der Waals surface area contributed by atoms with Gasteiger partial charge in [0, 0.05) is 25.8 Å². The van der Waals surface area contributed by atoms with Gasteiger partial charge in [-0.25, -0.2) is 8.42 Å². The highest BCUT2D eigenvalue weighted by Crippen LogP contribution is 2.26. The average Bonchev–Trinajstić information content (AvgIpc) is 2.82. The number of piperidine rings is 1. The van der Waals surface area contributed by atoms with Crippen LogP contribution in [0.15, 0.2) is 15.4 Å². The van der Waals surface area contributed by atoms with Crippen LogP contribution in [0.2, 0.25) is 0 Å². The van der Waals surface area contributed by atoms with Gasteiger partial charge < -0.3 is 14.9 Å². The zero-order chi connectivity index (χ0) is 14.8. The minimum atomic E-state index is -3.49. The molecule has 114 valence electrons. The van der Waals surface area contributed by atoms with Crippen LogP contribution in [-0.2, 0) is 21.3 Å². The van der Waals surface area contributed by atoms with E-state index < -0.39 is 10.0 Å². The van der Waals surface area contributed by atoms with Crippen molar-refractivity contribution in [2.75, 3.05) is 19.7 Å². The van der Waals surface area contributed by atoms with Crippen molar-refractivity contribution in [1.29, 1.82) is 0 Å². The van der Waals surface area contributed by atoms with Crippen LogP contribution in [-0.4, -0.2) is 38.5 Å². The van der Waals surface area contributed by atoms with Crippen molar-refractivity contribution in [3.05, 3.63) is 17.6 Å². The molecule has 1 aromatic heterocycles. The van der Waals surface area contributed by atoms with Gasteiger partial charge in [-0.2, -0.15) is 4.31 Å². The zero-order valence-electron chi connectivity index (χ0n) is 12.0. The number of nitrogens with two attached hydrogens (primary N) is 1. The topological polar surface area (TPSA) is 85.8 Å². The second-order valence-corrected chi connectivity index (χ2v) is 6.80. The Morgan fingerprint density at radius 2 is 2.10 bits per heavy atom. The third-order valence-electron chi connectivity index (χ3n) is 3.55. The maximum Gasteiger partial charge on any atom is 0.246 e. The van der Waals surface area contributed by atoms with Gasteiger partial charge in [-0.05, 0) is 26.7 Å². The molecule has 2 N–H and O–H groups in total. The van der Waals surface area contributed by atoms with Crippen LogP contribution in [0, 0.1) is 6.92 Å². The molecule has 1 aromatic rings. The van der Waals surface area contributed by atoms with Crippen LogP contribution in [0.3, 0.4) is 0 Å². The van der Waals surface area contributed by atoms with Crippen molar-refractivity contribution >= 4 is 10.0 Å². The van der Waals surface area contributed by atoms with Gasteiger partial charge in [-0.3, -0.25) is 0 Å². The molecule has 1 aliphatic rings. The van der Waals surface area contributed by atoms with Gasteiger partial charge in [0.2, 0.25) is 10.0 Å². The van der Waals surface area contributed by atoms with Crippen molar-refractivity contribution in [3.63, 3.8) is 0 Å². The maximum absolute atomic E-state index is 12.6. The van der Waals surface area contributed by atoms with Crippen LogP contribution in [0.4, 0.5) is 0 Å². The number of hydrogen-bond donors (Lipinski definition) is 1. The molecule has 0 saturated carbocycles. The Bertz CT molecular complexity index is 545. The minimum absolute atomic E-state index is 0.163. The fourth-order valence-corrected chi connectivity index (χ4v) is 4.15. The predicted molar refractivity (Wildman–Crippen MR) is 74.7 cm³/mol. The third-order valence-corrected chi connectivity index (χ3v) is 5.55. The van der Waals surface area contributed by atoms with Gasteiger partial charge >= 0.3 is 0 Å². The molecule has 0 atom stereocenters. The third kappa shape index (κ3) is 3.06. The highest BCUT2D eigenvalue weighted by molar-refractivity contribution is 7.89. The fraction of sp³-hybridized carbons (Fsp3) is 0.692. The Kier molecular flexibility index (Phi) is 4.85. The van der Waals surface area contributed by atoms with Crippen molar-refractivity contribution in [2.24, 2.45) is 5.73 Å². The Morgan fingerprint density at radius 1 is 1.45 bits per heavy atom. The fourth-order valence-electron chi connectivity index (χ4n) is 2.49. The van der Waals surface area contributed by atoms with Crippen LogP contribution < -0.4 is 5.73 Å². The van der Waals surface area contributed by atoms with Crippen molar-refractivity contribution in [2.45, 2.75) is 44.2 Å². The Morgan fingerprint density at radius 3 is 2.60 bits per heavy atom. The Balaban J connectivity index is 2.13. The first kappa shape index (κ1) is 15.5. The standard InChI is InChI=1S/C13H22N2O4S/c1-3-18-11-4-6-15(7-5-11)20(16,17)13-8-12(9-14)19-10(13)2/h8,11H,3-7,9,14H2,1-2H3. The molecule has 0 aromatic carbocycles. The van der Waals surface area contributed by atoms with Crippen molar-refractivity contribution in [3.8, 4) is 0 Å². The molecule has 0 bridgehead atoms. The lowest BCUT2D eigenvalue weighted by Crippen LogP contribution is -2.40. The summed E-state index contributed by atoms with van der Waals surface area (Å²) in [5.41, 5.74) is 5.49. The van der Waals surface area contributed by atoms with Crippen LogP contribution in [0.25, 0.3) is 0 Å². The lowest BCUT2D eigenvalue weighted by Gasteiger charge is -2.30. The van der Waals surface area contributed by atoms with E-state index in [0.29, 0.717) is 31.2 Å². The molecule has 0 radical (unpaired) electrons. The number of aryl methyl sites for hydroxylation is 1. The molecule has 0 unspecified atom stereocenters. The first-order valence-corrected chi connectivity index (χ1v) is 8.34. The molecule has 0 amide bonds. The first-order valence-electron chi connectivity index (χ1n) is 6.90. The number of nitrogens with zero attached hydrogens (tertiary/aromatic N) is 1. The monoisotopic (exact) mass is 302 g/mol. The summed E-state index contributed by atoms with van der Waals surface area (Å²) in [6.07, 6.45) is 1.62. The minimum Gasteiger partial charge on any atom is -0.464 e. The van der Waals surface area contributed by atoms with Gasteiger partial charge in [0.25, 0.3) is 0 Å². The molecule has 0 spiro atoms. The van der Waals surface area contributed by atoms with E-state index >= 15 is 0 Å². The lowest BCUT2D eigenvalue weighted by molar-refractivity contribution is 0.0290. The molecule has 1 saturated heterocycles. The summed E-state index contributed by atoms with van der Waals surface area (Å²) in [6.45, 7) is 5.43. The largest absolute Gasteiger partial charge is 0.464 e. The number of rotatable bonds is 5. The smallest absolute Gasteiger partial charge is 0.246 e. The van der Waals surface area contributed by atoms with Gasteiger partial charge in [0.05, 0.1) is 12.6 Å². The van der Waals surface area contributed by atoms with E-state index in [9.17, 15) is 8.42 Å². The molecule has 6 nitrogen and oxygen atoms in total. The summed E-state index contributed by atoms with van der Waals surface area (Å²) in [4.78, 5) is 0.229. The Labute approximate surface area is 119 Å². The highest BCUT2D eigenvalue weighted by Gasteiger charge is 2.32. The summed E-state index contributed by atoms with van der Waals surface area (Å²) in [5.74, 6) is 0.891. The zero-order valence-corrected chi connectivity index (χ0v) is 12.8. The van der Waals surface area contributed by atoms with Gasteiger partial charge in [-0.1, -0.05) is 0 Å². The summed E-state index contributed by atoms with van der Waals surface area (Å²) in [6, 6.07) is 1.53. The first-order chi connectivity index (χ1) is 9.48. The molecule has 1 aliphatic heterocycles. The average molecular weight is 302 g/mol. The summed E-state index contributed by atoms with van der Waals surface area (Å²) >= 11 is 0. The number of ether oxygens (including phenoxy) is 1. The predicted octanol–water partition coefficient (Wildman–Crippen LogP) is 1.24.